The summed E-state index contributed by atoms with van der Waals surface area (Å²) in [6.45, 7) is 6.71. The molecule has 0 amide bonds. The third-order valence-electron chi connectivity index (χ3n) is 4.23. The van der Waals surface area contributed by atoms with Gasteiger partial charge in [-0.15, -0.1) is 0 Å². The van der Waals surface area contributed by atoms with Crippen molar-refractivity contribution in [2.45, 2.75) is 33.6 Å². The highest BCUT2D eigenvalue weighted by atomic mass is 15.1. The number of rotatable bonds is 6. The molecule has 0 aliphatic heterocycles. The van der Waals surface area contributed by atoms with E-state index in [0.717, 1.165) is 12.8 Å². The lowest BCUT2D eigenvalue weighted by atomic mass is 9.91. The van der Waals surface area contributed by atoms with Gasteiger partial charge in [-0.3, -0.25) is 0 Å². The zero-order valence-corrected chi connectivity index (χ0v) is 14.7. The lowest BCUT2D eigenvalue weighted by molar-refractivity contribution is 1.06. The van der Waals surface area contributed by atoms with Crippen molar-refractivity contribution in [2.24, 2.45) is 0 Å². The maximum Gasteiger partial charge on any atom is 0.0403 e. The minimum Gasteiger partial charge on any atom is -0.351 e. The lowest BCUT2D eigenvalue weighted by Crippen LogP contribution is -2.10. The summed E-state index contributed by atoms with van der Waals surface area (Å²) < 4.78 is 0. The molecule has 0 fully saturated rings. The van der Waals surface area contributed by atoms with Gasteiger partial charge in [-0.05, 0) is 48.6 Å². The molecule has 120 valence electrons. The van der Waals surface area contributed by atoms with Crippen molar-refractivity contribution in [2.75, 3.05) is 11.9 Å². The minimum atomic E-state index is 1.01. The van der Waals surface area contributed by atoms with Gasteiger partial charge in [0.2, 0.25) is 0 Å². The molecule has 23 heavy (non-hydrogen) atoms. The molecule has 0 atom stereocenters. The number of para-hydroxylation sites is 1. The molecule has 1 heteroatoms. The molecule has 0 aromatic heterocycles. The number of nitrogens with zero attached hydrogens (tertiary/aromatic N) is 1. The van der Waals surface area contributed by atoms with Crippen LogP contribution in [-0.4, -0.2) is 7.05 Å². The third kappa shape index (κ3) is 4.35. The number of allylic oxidation sites excluding steroid dienone is 3. The van der Waals surface area contributed by atoms with E-state index in [1.807, 2.05) is 0 Å². The Hall–Kier alpha value is -2.28. The summed E-state index contributed by atoms with van der Waals surface area (Å²) in [6.07, 6.45) is 4.35. The predicted molar refractivity (Wildman–Crippen MR) is 103 cm³/mol. The number of anilines is 1. The van der Waals surface area contributed by atoms with Gasteiger partial charge >= 0.3 is 0 Å². The molecule has 2 aromatic carbocycles. The van der Waals surface area contributed by atoms with Crippen molar-refractivity contribution in [3.63, 3.8) is 0 Å². The second-order valence-electron chi connectivity index (χ2n) is 5.83. The van der Waals surface area contributed by atoms with E-state index in [9.17, 15) is 0 Å². The van der Waals surface area contributed by atoms with Gasteiger partial charge in [0.05, 0.1) is 0 Å². The fourth-order valence-electron chi connectivity index (χ4n) is 2.79. The van der Waals surface area contributed by atoms with Crippen LogP contribution in [0.2, 0.25) is 0 Å². The van der Waals surface area contributed by atoms with Crippen LogP contribution in [0.4, 0.5) is 5.69 Å². The SMILES string of the molecule is CCC(=CN(C)c1ccccc1)C(=C(C)CC)c1ccccc1. The highest BCUT2D eigenvalue weighted by molar-refractivity contribution is 5.81. The van der Waals surface area contributed by atoms with E-state index in [-0.39, 0.29) is 0 Å². The molecular weight excluding hydrogens is 278 g/mol. The van der Waals surface area contributed by atoms with E-state index in [2.05, 4.69) is 99.6 Å². The first-order chi connectivity index (χ1) is 11.2. The molecule has 0 N–H and O–H groups in total. The molecule has 0 saturated heterocycles. The van der Waals surface area contributed by atoms with Crippen LogP contribution in [-0.2, 0) is 0 Å². The van der Waals surface area contributed by atoms with Crippen LogP contribution < -0.4 is 4.90 Å². The minimum absolute atomic E-state index is 1.01. The molecule has 1 nitrogen and oxygen atoms in total. The summed E-state index contributed by atoms with van der Waals surface area (Å²) in [7, 11) is 2.12. The molecule has 0 aliphatic rings. The Kier molecular flexibility index (Phi) is 6.22. The predicted octanol–water partition coefficient (Wildman–Crippen LogP) is 6.30. The lowest BCUT2D eigenvalue weighted by Gasteiger charge is -2.20. The van der Waals surface area contributed by atoms with E-state index < -0.39 is 0 Å². The molecule has 2 aromatic rings. The van der Waals surface area contributed by atoms with Gasteiger partial charge in [-0.2, -0.15) is 0 Å². The largest absolute Gasteiger partial charge is 0.351 e. The number of hydrogen-bond acceptors (Lipinski definition) is 1. The quantitative estimate of drug-likeness (QED) is 0.566. The van der Waals surface area contributed by atoms with Crippen molar-refractivity contribution in [3.8, 4) is 0 Å². The normalized spacial score (nSPS) is 12.8. The molecular formula is C22H27N. The van der Waals surface area contributed by atoms with E-state index in [4.69, 9.17) is 0 Å². The summed E-state index contributed by atoms with van der Waals surface area (Å²) in [6, 6.07) is 21.2. The topological polar surface area (TPSA) is 3.24 Å². The van der Waals surface area contributed by atoms with E-state index in [1.54, 1.807) is 0 Å². The smallest absolute Gasteiger partial charge is 0.0403 e. The number of benzene rings is 2. The second kappa shape index (κ2) is 8.38. The van der Waals surface area contributed by atoms with Crippen LogP contribution >= 0.6 is 0 Å². The Morgan fingerprint density at radius 3 is 1.96 bits per heavy atom. The Labute approximate surface area is 141 Å². The maximum absolute atomic E-state index is 2.27. The molecule has 0 spiro atoms. The molecule has 0 radical (unpaired) electrons. The van der Waals surface area contributed by atoms with Crippen LogP contribution in [0.25, 0.3) is 5.57 Å². The van der Waals surface area contributed by atoms with Crippen molar-refractivity contribution in [1.82, 2.24) is 0 Å². The van der Waals surface area contributed by atoms with E-state index in [0.29, 0.717) is 0 Å². The Morgan fingerprint density at radius 2 is 1.43 bits per heavy atom. The second-order valence-corrected chi connectivity index (χ2v) is 5.83. The average molecular weight is 305 g/mol. The summed E-state index contributed by atoms with van der Waals surface area (Å²) in [5.74, 6) is 0. The van der Waals surface area contributed by atoms with Gasteiger partial charge in [0, 0.05) is 18.9 Å². The van der Waals surface area contributed by atoms with Crippen LogP contribution in [0, 0.1) is 0 Å². The van der Waals surface area contributed by atoms with Crippen molar-refractivity contribution < 1.29 is 0 Å². The van der Waals surface area contributed by atoms with E-state index in [1.165, 1.54) is 28.0 Å². The Morgan fingerprint density at radius 1 is 0.870 bits per heavy atom. The number of hydrogen-bond donors (Lipinski definition) is 0. The van der Waals surface area contributed by atoms with Crippen molar-refractivity contribution >= 4 is 11.3 Å². The first kappa shape index (κ1) is 17.1. The zero-order valence-electron chi connectivity index (χ0n) is 14.7. The van der Waals surface area contributed by atoms with E-state index >= 15 is 0 Å². The van der Waals surface area contributed by atoms with Gasteiger partial charge in [0.25, 0.3) is 0 Å². The molecule has 0 unspecified atom stereocenters. The molecule has 2 rings (SSSR count). The zero-order chi connectivity index (χ0) is 16.7. The highest BCUT2D eigenvalue weighted by Gasteiger charge is 2.11. The Bertz CT molecular complexity index is 666. The standard InChI is InChI=1S/C22H27N/c1-5-18(3)22(20-13-9-7-10-14-20)19(6-2)17-23(4)21-15-11-8-12-16-21/h7-17H,5-6H2,1-4H3. The summed E-state index contributed by atoms with van der Waals surface area (Å²) in [4.78, 5) is 2.21. The molecule has 0 aliphatic carbocycles. The fraction of sp³-hybridized carbons (Fsp3) is 0.273. The van der Waals surface area contributed by atoms with Gasteiger partial charge in [0.15, 0.2) is 0 Å². The summed E-state index contributed by atoms with van der Waals surface area (Å²) in [5, 5.41) is 0. The average Bonchev–Trinajstić information content (AvgIpc) is 2.62. The first-order valence-electron chi connectivity index (χ1n) is 8.41. The molecule has 0 bridgehead atoms. The highest BCUT2D eigenvalue weighted by Crippen LogP contribution is 2.31. The van der Waals surface area contributed by atoms with Gasteiger partial charge in [-0.25, -0.2) is 0 Å². The van der Waals surface area contributed by atoms with Gasteiger partial charge < -0.3 is 4.90 Å². The Balaban J connectivity index is 2.45. The molecule has 0 saturated carbocycles. The van der Waals surface area contributed by atoms with Crippen LogP contribution in [0.5, 0.6) is 0 Å². The van der Waals surface area contributed by atoms with Crippen LogP contribution in [0.3, 0.4) is 0 Å². The maximum atomic E-state index is 2.27. The third-order valence-corrected chi connectivity index (χ3v) is 4.23. The van der Waals surface area contributed by atoms with Crippen molar-refractivity contribution in [1.29, 1.82) is 0 Å². The van der Waals surface area contributed by atoms with Crippen LogP contribution in [0.1, 0.15) is 39.2 Å². The summed E-state index contributed by atoms with van der Waals surface area (Å²) >= 11 is 0. The fourth-order valence-corrected chi connectivity index (χ4v) is 2.79. The van der Waals surface area contributed by atoms with Crippen molar-refractivity contribution in [3.05, 3.63) is 83.6 Å². The molecule has 0 heterocycles. The first-order valence-corrected chi connectivity index (χ1v) is 8.41. The summed E-state index contributed by atoms with van der Waals surface area (Å²) in [5.41, 5.74) is 6.72. The van der Waals surface area contributed by atoms with Gasteiger partial charge in [0.1, 0.15) is 0 Å². The van der Waals surface area contributed by atoms with Gasteiger partial charge in [-0.1, -0.05) is 68.0 Å². The monoisotopic (exact) mass is 305 g/mol. The van der Waals surface area contributed by atoms with Crippen LogP contribution in [0.15, 0.2) is 78.0 Å².